The molecule has 188 valence electrons. The van der Waals surface area contributed by atoms with E-state index >= 15 is 0 Å². The number of benzene rings is 3. The number of ether oxygens (including phenoxy) is 6. The van der Waals surface area contributed by atoms with Crippen LogP contribution in [0.25, 0.3) is 33.4 Å². The lowest BCUT2D eigenvalue weighted by molar-refractivity contribution is 0.324. The lowest BCUT2D eigenvalue weighted by Gasteiger charge is -2.17. The molecular weight excluding hydrogens is 468 g/mol. The minimum Gasteiger partial charge on any atom is -0.504 e. The summed E-state index contributed by atoms with van der Waals surface area (Å²) in [5.74, 6) is 2.20. The van der Waals surface area contributed by atoms with Crippen LogP contribution >= 0.6 is 0 Å². The molecule has 3 aromatic carbocycles. The first-order chi connectivity index (χ1) is 17.4. The van der Waals surface area contributed by atoms with E-state index in [1.165, 1.54) is 48.7 Å². The van der Waals surface area contributed by atoms with Gasteiger partial charge in [-0.2, -0.15) is 0 Å². The Morgan fingerprint density at radius 2 is 1.31 bits per heavy atom. The lowest BCUT2D eigenvalue weighted by Crippen LogP contribution is -2.09. The van der Waals surface area contributed by atoms with Crippen molar-refractivity contribution in [1.82, 2.24) is 0 Å². The van der Waals surface area contributed by atoms with E-state index in [4.69, 9.17) is 32.8 Å². The smallest absolute Gasteiger partial charge is 0.204 e. The Morgan fingerprint density at radius 1 is 0.667 bits per heavy atom. The summed E-state index contributed by atoms with van der Waals surface area (Å²) < 4.78 is 38.8. The molecule has 1 N–H and O–H groups in total. The molecule has 4 rings (SSSR count). The minimum atomic E-state index is -0.365. The maximum absolute atomic E-state index is 14.1. The average molecular weight is 494 g/mol. The standard InChI is InChI=1S/C27H26O9/c1-30-16-12-19(32-3)24-20(13-16)36-26(14-7-8-18(31-2)17(28)9-14)23(25(24)29)15-10-21(33-4)27(35-6)22(11-15)34-5/h7-13,28H,1-6H3. The lowest BCUT2D eigenvalue weighted by atomic mass is 9.97. The van der Waals surface area contributed by atoms with Crippen molar-refractivity contribution in [3.05, 3.63) is 52.7 Å². The number of fused-ring (bicyclic) bond motifs is 1. The van der Waals surface area contributed by atoms with E-state index in [2.05, 4.69) is 0 Å². The van der Waals surface area contributed by atoms with Gasteiger partial charge < -0.3 is 37.9 Å². The summed E-state index contributed by atoms with van der Waals surface area (Å²) in [4.78, 5) is 14.1. The molecule has 0 saturated heterocycles. The zero-order chi connectivity index (χ0) is 26.0. The van der Waals surface area contributed by atoms with Gasteiger partial charge in [-0.3, -0.25) is 4.79 Å². The second kappa shape index (κ2) is 9.99. The first-order valence-corrected chi connectivity index (χ1v) is 10.8. The average Bonchev–Trinajstić information content (AvgIpc) is 2.91. The molecule has 0 saturated carbocycles. The largest absolute Gasteiger partial charge is 0.504 e. The van der Waals surface area contributed by atoms with Crippen LogP contribution in [0.3, 0.4) is 0 Å². The van der Waals surface area contributed by atoms with Gasteiger partial charge in [-0.05, 0) is 35.9 Å². The van der Waals surface area contributed by atoms with Crippen LogP contribution < -0.4 is 33.8 Å². The summed E-state index contributed by atoms with van der Waals surface area (Å²) in [7, 11) is 8.88. The van der Waals surface area contributed by atoms with E-state index in [-0.39, 0.29) is 45.0 Å². The molecule has 0 aliphatic carbocycles. The zero-order valence-electron chi connectivity index (χ0n) is 20.8. The highest BCUT2D eigenvalue weighted by atomic mass is 16.5. The van der Waals surface area contributed by atoms with Gasteiger partial charge >= 0.3 is 0 Å². The molecule has 0 atom stereocenters. The third-order valence-corrected chi connectivity index (χ3v) is 5.78. The SMILES string of the molecule is COc1cc(OC)c2c(=O)c(-c3cc(OC)c(OC)c(OC)c3)c(-c3ccc(OC)c(O)c3)oc2c1. The summed E-state index contributed by atoms with van der Waals surface area (Å²) in [6.45, 7) is 0. The highest BCUT2D eigenvalue weighted by Gasteiger charge is 2.24. The van der Waals surface area contributed by atoms with E-state index in [1.54, 1.807) is 36.4 Å². The molecule has 0 unspecified atom stereocenters. The molecule has 0 radical (unpaired) electrons. The van der Waals surface area contributed by atoms with Crippen LogP contribution in [0.15, 0.2) is 51.7 Å². The van der Waals surface area contributed by atoms with Crippen molar-refractivity contribution in [2.75, 3.05) is 42.7 Å². The fraction of sp³-hybridized carbons (Fsp3) is 0.222. The van der Waals surface area contributed by atoms with Crippen LogP contribution in [-0.4, -0.2) is 47.8 Å². The van der Waals surface area contributed by atoms with E-state index in [0.29, 0.717) is 34.1 Å². The predicted octanol–water partition coefficient (Wildman–Crippen LogP) is 4.88. The Kier molecular flexibility index (Phi) is 6.82. The van der Waals surface area contributed by atoms with Crippen molar-refractivity contribution in [3.8, 4) is 62.7 Å². The summed E-state index contributed by atoms with van der Waals surface area (Å²) >= 11 is 0. The number of phenolic OH excluding ortho intramolecular Hbond substituents is 1. The molecule has 1 aromatic heterocycles. The Labute approximate surface area is 207 Å². The van der Waals surface area contributed by atoms with Gasteiger partial charge in [-0.25, -0.2) is 0 Å². The van der Waals surface area contributed by atoms with Crippen molar-refractivity contribution < 1.29 is 37.9 Å². The Morgan fingerprint density at radius 3 is 1.83 bits per heavy atom. The van der Waals surface area contributed by atoms with E-state index in [0.717, 1.165) is 0 Å². The third-order valence-electron chi connectivity index (χ3n) is 5.78. The van der Waals surface area contributed by atoms with E-state index in [1.807, 2.05) is 0 Å². The highest BCUT2D eigenvalue weighted by Crippen LogP contribution is 2.44. The Balaban J connectivity index is 2.16. The maximum Gasteiger partial charge on any atom is 0.204 e. The van der Waals surface area contributed by atoms with Crippen LogP contribution in [-0.2, 0) is 0 Å². The first kappa shape index (κ1) is 24.6. The Bertz CT molecular complexity index is 1460. The van der Waals surface area contributed by atoms with Gasteiger partial charge in [-0.15, -0.1) is 0 Å². The number of rotatable bonds is 8. The van der Waals surface area contributed by atoms with E-state index < -0.39 is 0 Å². The number of hydrogen-bond donors (Lipinski definition) is 1. The molecular formula is C27H26O9. The second-order valence-corrected chi connectivity index (χ2v) is 7.64. The molecule has 0 amide bonds. The topological polar surface area (TPSA) is 106 Å². The summed E-state index contributed by atoms with van der Waals surface area (Å²) in [6.07, 6.45) is 0. The van der Waals surface area contributed by atoms with Crippen LogP contribution in [0.2, 0.25) is 0 Å². The Hall–Kier alpha value is -4.53. The second-order valence-electron chi connectivity index (χ2n) is 7.64. The molecule has 0 aliphatic rings. The molecule has 9 nitrogen and oxygen atoms in total. The summed E-state index contributed by atoms with van der Waals surface area (Å²) in [5.41, 5.74) is 0.976. The van der Waals surface area contributed by atoms with Crippen molar-refractivity contribution >= 4 is 11.0 Å². The highest BCUT2D eigenvalue weighted by molar-refractivity contribution is 5.94. The number of phenols is 1. The van der Waals surface area contributed by atoms with Crippen LogP contribution in [0.1, 0.15) is 0 Å². The first-order valence-electron chi connectivity index (χ1n) is 10.8. The zero-order valence-corrected chi connectivity index (χ0v) is 20.8. The monoisotopic (exact) mass is 494 g/mol. The van der Waals surface area contributed by atoms with Gasteiger partial charge in [0.05, 0.1) is 48.2 Å². The molecule has 0 aliphatic heterocycles. The predicted molar refractivity (Wildman–Crippen MR) is 134 cm³/mol. The third kappa shape index (κ3) is 4.08. The molecule has 9 heteroatoms. The number of methoxy groups -OCH3 is 6. The molecule has 0 bridgehead atoms. The van der Waals surface area contributed by atoms with Crippen molar-refractivity contribution in [2.24, 2.45) is 0 Å². The van der Waals surface area contributed by atoms with Gasteiger partial charge in [0.2, 0.25) is 11.2 Å². The summed E-state index contributed by atoms with van der Waals surface area (Å²) in [5, 5.41) is 10.7. The van der Waals surface area contributed by atoms with Gasteiger partial charge in [0.15, 0.2) is 23.0 Å². The molecule has 36 heavy (non-hydrogen) atoms. The van der Waals surface area contributed by atoms with Crippen LogP contribution in [0, 0.1) is 0 Å². The minimum absolute atomic E-state index is 0.114. The van der Waals surface area contributed by atoms with Crippen LogP contribution in [0.4, 0.5) is 0 Å². The molecule has 0 fully saturated rings. The quantitative estimate of drug-likeness (QED) is 0.367. The molecule has 1 heterocycles. The van der Waals surface area contributed by atoms with Gasteiger partial charge in [0.25, 0.3) is 0 Å². The maximum atomic E-state index is 14.1. The van der Waals surface area contributed by atoms with Gasteiger partial charge in [-0.1, -0.05) is 0 Å². The van der Waals surface area contributed by atoms with Crippen molar-refractivity contribution in [1.29, 1.82) is 0 Å². The summed E-state index contributed by atoms with van der Waals surface area (Å²) in [6, 6.07) is 11.2. The fourth-order valence-corrected chi connectivity index (χ4v) is 4.06. The number of hydrogen-bond acceptors (Lipinski definition) is 9. The van der Waals surface area contributed by atoms with Gasteiger partial charge in [0, 0.05) is 17.7 Å². The fourth-order valence-electron chi connectivity index (χ4n) is 4.06. The van der Waals surface area contributed by atoms with Crippen molar-refractivity contribution in [2.45, 2.75) is 0 Å². The molecule has 0 spiro atoms. The van der Waals surface area contributed by atoms with E-state index in [9.17, 15) is 9.90 Å². The van der Waals surface area contributed by atoms with Gasteiger partial charge in [0.1, 0.15) is 28.2 Å². The van der Waals surface area contributed by atoms with Crippen molar-refractivity contribution in [3.63, 3.8) is 0 Å². The molecule has 4 aromatic rings. The van der Waals surface area contributed by atoms with Crippen LogP contribution in [0.5, 0.6) is 40.2 Å². The number of aromatic hydroxyl groups is 1. The normalized spacial score (nSPS) is 10.7.